The van der Waals surface area contributed by atoms with Gasteiger partial charge in [-0.2, -0.15) is 0 Å². The van der Waals surface area contributed by atoms with Gasteiger partial charge in [-0.25, -0.2) is 0 Å². The van der Waals surface area contributed by atoms with Crippen molar-refractivity contribution in [1.29, 1.82) is 0 Å². The maximum atomic E-state index is 11.8. The fourth-order valence-electron chi connectivity index (χ4n) is 1.91. The molecule has 17 heavy (non-hydrogen) atoms. The number of amides is 1. The number of hydrogen-bond donors (Lipinski definition) is 2. The first kappa shape index (κ1) is 14.4. The van der Waals surface area contributed by atoms with Crippen LogP contribution in [-0.4, -0.2) is 44.4 Å². The van der Waals surface area contributed by atoms with E-state index in [0.29, 0.717) is 39.4 Å². The molecule has 0 aromatic carbocycles. The maximum Gasteiger partial charge on any atom is 0.222 e. The highest BCUT2D eigenvalue weighted by Gasteiger charge is 2.32. The summed E-state index contributed by atoms with van der Waals surface area (Å²) in [5, 5.41) is 3.04. The zero-order chi connectivity index (χ0) is 12.6. The molecule has 1 aliphatic rings. The van der Waals surface area contributed by atoms with E-state index in [1.54, 1.807) is 0 Å². The number of nitrogens with one attached hydrogen (secondary N) is 1. The summed E-state index contributed by atoms with van der Waals surface area (Å²) >= 11 is 0. The molecule has 0 aromatic rings. The molecule has 1 aliphatic heterocycles. The third kappa shape index (κ3) is 5.02. The maximum absolute atomic E-state index is 11.8. The normalized spacial score (nSPS) is 18.9. The van der Waals surface area contributed by atoms with E-state index in [-0.39, 0.29) is 11.4 Å². The van der Waals surface area contributed by atoms with Gasteiger partial charge in [0.1, 0.15) is 0 Å². The summed E-state index contributed by atoms with van der Waals surface area (Å²) in [6.07, 6.45) is 2.98. The van der Waals surface area contributed by atoms with Crippen LogP contribution in [0.2, 0.25) is 0 Å². The van der Waals surface area contributed by atoms with E-state index in [0.717, 1.165) is 19.3 Å². The van der Waals surface area contributed by atoms with Gasteiger partial charge in [-0.15, -0.1) is 0 Å². The summed E-state index contributed by atoms with van der Waals surface area (Å²) < 4.78 is 10.6. The first-order chi connectivity index (χ1) is 8.22. The van der Waals surface area contributed by atoms with Crippen molar-refractivity contribution in [3.05, 3.63) is 0 Å². The van der Waals surface area contributed by atoms with Crippen LogP contribution in [0, 0.1) is 0 Å². The molecule has 5 nitrogen and oxygen atoms in total. The highest BCUT2D eigenvalue weighted by molar-refractivity contribution is 5.76. The molecule has 0 spiro atoms. The van der Waals surface area contributed by atoms with Gasteiger partial charge in [0.2, 0.25) is 5.91 Å². The second-order valence-corrected chi connectivity index (χ2v) is 4.51. The molecule has 1 fully saturated rings. The van der Waals surface area contributed by atoms with Crippen molar-refractivity contribution >= 4 is 5.91 Å². The van der Waals surface area contributed by atoms with Gasteiger partial charge in [-0.05, 0) is 19.3 Å². The molecule has 0 aliphatic carbocycles. The summed E-state index contributed by atoms with van der Waals surface area (Å²) in [6.45, 7) is 5.05. The zero-order valence-electron chi connectivity index (χ0n) is 10.7. The van der Waals surface area contributed by atoms with E-state index < -0.39 is 0 Å². The van der Waals surface area contributed by atoms with Crippen LogP contribution in [0.25, 0.3) is 0 Å². The molecule has 1 saturated heterocycles. The molecule has 0 unspecified atom stereocenters. The third-order valence-electron chi connectivity index (χ3n) is 3.07. The topological polar surface area (TPSA) is 73.6 Å². The summed E-state index contributed by atoms with van der Waals surface area (Å²) in [5.41, 5.74) is 5.50. The lowest BCUT2D eigenvalue weighted by atomic mass is 9.90. The average Bonchev–Trinajstić information content (AvgIpc) is 2.36. The van der Waals surface area contributed by atoms with Gasteiger partial charge in [-0.1, -0.05) is 6.92 Å². The molecule has 0 bridgehead atoms. The van der Waals surface area contributed by atoms with Crippen LogP contribution in [0.4, 0.5) is 0 Å². The molecule has 0 aromatic heterocycles. The predicted molar refractivity (Wildman–Crippen MR) is 65.7 cm³/mol. The van der Waals surface area contributed by atoms with Gasteiger partial charge in [0.15, 0.2) is 0 Å². The monoisotopic (exact) mass is 244 g/mol. The smallest absolute Gasteiger partial charge is 0.222 e. The summed E-state index contributed by atoms with van der Waals surface area (Å²) in [5.74, 6) is 0.0217. The van der Waals surface area contributed by atoms with Crippen LogP contribution >= 0.6 is 0 Å². The number of hydrogen-bond acceptors (Lipinski definition) is 4. The Morgan fingerprint density at radius 2 is 2.12 bits per heavy atom. The van der Waals surface area contributed by atoms with Crippen LogP contribution in [-0.2, 0) is 14.3 Å². The Morgan fingerprint density at radius 1 is 1.41 bits per heavy atom. The van der Waals surface area contributed by atoms with E-state index in [1.165, 1.54) is 0 Å². The van der Waals surface area contributed by atoms with E-state index in [9.17, 15) is 4.79 Å². The molecule has 0 radical (unpaired) electrons. The Bertz CT molecular complexity index is 228. The van der Waals surface area contributed by atoms with Crippen LogP contribution in [0.5, 0.6) is 0 Å². The largest absolute Gasteiger partial charge is 0.381 e. The first-order valence-corrected chi connectivity index (χ1v) is 6.39. The highest BCUT2D eigenvalue weighted by Crippen LogP contribution is 2.19. The summed E-state index contributed by atoms with van der Waals surface area (Å²) in [7, 11) is 0. The van der Waals surface area contributed by atoms with Gasteiger partial charge < -0.3 is 20.5 Å². The van der Waals surface area contributed by atoms with Gasteiger partial charge in [0.25, 0.3) is 0 Å². The van der Waals surface area contributed by atoms with E-state index in [1.807, 2.05) is 6.92 Å². The van der Waals surface area contributed by atoms with Gasteiger partial charge >= 0.3 is 0 Å². The predicted octanol–water partition coefficient (Wildman–Crippen LogP) is 0.427. The van der Waals surface area contributed by atoms with Crippen LogP contribution in [0.1, 0.15) is 32.6 Å². The highest BCUT2D eigenvalue weighted by atomic mass is 16.5. The molecular formula is C12H24N2O3. The quantitative estimate of drug-likeness (QED) is 0.637. The van der Waals surface area contributed by atoms with Crippen LogP contribution in [0.3, 0.4) is 0 Å². The number of ether oxygens (including phenoxy) is 2. The van der Waals surface area contributed by atoms with Crippen molar-refractivity contribution in [1.82, 2.24) is 5.32 Å². The van der Waals surface area contributed by atoms with Crippen molar-refractivity contribution in [3.8, 4) is 0 Å². The lowest BCUT2D eigenvalue weighted by molar-refractivity contribution is -0.125. The Morgan fingerprint density at radius 3 is 2.71 bits per heavy atom. The lowest BCUT2D eigenvalue weighted by Gasteiger charge is -2.37. The second kappa shape index (κ2) is 7.63. The zero-order valence-corrected chi connectivity index (χ0v) is 10.7. The Hall–Kier alpha value is -0.650. The van der Waals surface area contributed by atoms with Crippen molar-refractivity contribution in [3.63, 3.8) is 0 Å². The summed E-state index contributed by atoms with van der Waals surface area (Å²) in [6, 6.07) is 0. The minimum atomic E-state index is -0.264. The minimum absolute atomic E-state index is 0.0217. The standard InChI is InChI=1S/C12H24N2O3/c1-2-6-16-7-3-11(15)14-12(10-13)4-8-17-9-5-12/h2-10,13H2,1H3,(H,14,15). The van der Waals surface area contributed by atoms with Gasteiger partial charge in [0.05, 0.1) is 12.1 Å². The van der Waals surface area contributed by atoms with Crippen molar-refractivity contribution in [2.75, 3.05) is 33.0 Å². The van der Waals surface area contributed by atoms with Crippen molar-refractivity contribution < 1.29 is 14.3 Å². The molecule has 1 heterocycles. The van der Waals surface area contributed by atoms with E-state index in [2.05, 4.69) is 5.32 Å². The van der Waals surface area contributed by atoms with Gasteiger partial charge in [0, 0.05) is 32.8 Å². The Kier molecular flexibility index (Phi) is 6.47. The molecule has 0 saturated carbocycles. The summed E-state index contributed by atoms with van der Waals surface area (Å²) in [4.78, 5) is 11.8. The van der Waals surface area contributed by atoms with E-state index >= 15 is 0 Å². The van der Waals surface area contributed by atoms with Crippen LogP contribution in [0.15, 0.2) is 0 Å². The second-order valence-electron chi connectivity index (χ2n) is 4.51. The molecule has 1 rings (SSSR count). The number of nitrogens with two attached hydrogens (primary N) is 1. The van der Waals surface area contributed by atoms with Crippen LogP contribution < -0.4 is 11.1 Å². The van der Waals surface area contributed by atoms with Gasteiger partial charge in [-0.3, -0.25) is 4.79 Å². The minimum Gasteiger partial charge on any atom is -0.381 e. The molecule has 0 atom stereocenters. The number of carbonyl (C=O) groups excluding carboxylic acids is 1. The molecule has 100 valence electrons. The fourth-order valence-corrected chi connectivity index (χ4v) is 1.91. The fraction of sp³-hybridized carbons (Fsp3) is 0.917. The SMILES string of the molecule is CCCOCCC(=O)NC1(CN)CCOCC1. The van der Waals surface area contributed by atoms with Crippen molar-refractivity contribution in [2.24, 2.45) is 5.73 Å². The molecule has 1 amide bonds. The lowest BCUT2D eigenvalue weighted by Crippen LogP contribution is -2.56. The average molecular weight is 244 g/mol. The van der Waals surface area contributed by atoms with E-state index in [4.69, 9.17) is 15.2 Å². The third-order valence-corrected chi connectivity index (χ3v) is 3.07. The number of rotatable bonds is 7. The molecule has 5 heteroatoms. The van der Waals surface area contributed by atoms with Crippen molar-refractivity contribution in [2.45, 2.75) is 38.1 Å². The Labute approximate surface area is 103 Å². The number of carbonyl (C=O) groups is 1. The Balaban J connectivity index is 2.27. The molecular weight excluding hydrogens is 220 g/mol. The first-order valence-electron chi connectivity index (χ1n) is 6.39. The molecule has 3 N–H and O–H groups in total.